The Bertz CT molecular complexity index is 246. The maximum atomic E-state index is 11.5. The van der Waals surface area contributed by atoms with Gasteiger partial charge >= 0.3 is 5.97 Å². The highest BCUT2D eigenvalue weighted by molar-refractivity contribution is 5.75. The molecule has 0 bridgehead atoms. The van der Waals surface area contributed by atoms with Gasteiger partial charge in [-0.25, -0.2) is 0 Å². The second kappa shape index (κ2) is 6.48. The van der Waals surface area contributed by atoms with E-state index >= 15 is 0 Å². The summed E-state index contributed by atoms with van der Waals surface area (Å²) in [6.45, 7) is 7.78. The van der Waals surface area contributed by atoms with Crippen LogP contribution in [0.25, 0.3) is 0 Å². The van der Waals surface area contributed by atoms with Crippen LogP contribution < -0.4 is 11.1 Å². The number of primary amides is 1. The average Bonchev–Trinajstić information content (AvgIpc) is 2.08. The van der Waals surface area contributed by atoms with Crippen LogP contribution in [0.5, 0.6) is 0 Å². The molecule has 0 aromatic rings. The summed E-state index contributed by atoms with van der Waals surface area (Å²) in [6.07, 6.45) is 0.955. The molecule has 0 rings (SSSR count). The third kappa shape index (κ3) is 8.23. The van der Waals surface area contributed by atoms with Crippen molar-refractivity contribution in [2.24, 2.45) is 5.73 Å². The molecular weight excluding hydrogens is 208 g/mol. The Morgan fingerprint density at radius 1 is 1.38 bits per heavy atom. The first kappa shape index (κ1) is 14.9. The molecule has 0 heterocycles. The molecule has 16 heavy (non-hydrogen) atoms. The van der Waals surface area contributed by atoms with E-state index < -0.39 is 5.60 Å². The number of nitrogens with one attached hydrogen (secondary N) is 1. The van der Waals surface area contributed by atoms with E-state index in [0.29, 0.717) is 19.4 Å². The minimum absolute atomic E-state index is 0.286. The van der Waals surface area contributed by atoms with Crippen molar-refractivity contribution >= 4 is 11.9 Å². The van der Waals surface area contributed by atoms with E-state index in [2.05, 4.69) is 5.32 Å². The van der Waals surface area contributed by atoms with Gasteiger partial charge in [0.1, 0.15) is 11.6 Å². The molecule has 1 amide bonds. The lowest BCUT2D eigenvalue weighted by Crippen LogP contribution is -2.39. The third-order valence-electron chi connectivity index (χ3n) is 1.81. The molecule has 0 radical (unpaired) electrons. The van der Waals surface area contributed by atoms with Crippen molar-refractivity contribution in [3.05, 3.63) is 0 Å². The molecule has 94 valence electrons. The number of nitrogens with two attached hydrogens (primary N) is 1. The quantitative estimate of drug-likeness (QED) is 0.516. The number of hydrogen-bond donors (Lipinski definition) is 2. The highest BCUT2D eigenvalue weighted by Gasteiger charge is 2.20. The highest BCUT2D eigenvalue weighted by Crippen LogP contribution is 2.08. The van der Waals surface area contributed by atoms with Crippen LogP contribution in [0.3, 0.4) is 0 Å². The van der Waals surface area contributed by atoms with Crippen LogP contribution in [-0.4, -0.2) is 30.1 Å². The predicted octanol–water partition coefficient (Wildman–Crippen LogP) is 0.572. The highest BCUT2D eigenvalue weighted by atomic mass is 16.6. The monoisotopic (exact) mass is 230 g/mol. The molecule has 0 aromatic heterocycles. The van der Waals surface area contributed by atoms with Gasteiger partial charge in [0, 0.05) is 6.42 Å². The first-order valence-electron chi connectivity index (χ1n) is 5.47. The van der Waals surface area contributed by atoms with Gasteiger partial charge in [-0.1, -0.05) is 0 Å². The van der Waals surface area contributed by atoms with E-state index in [1.165, 1.54) is 0 Å². The Labute approximate surface area is 96.7 Å². The minimum atomic E-state index is -0.472. The van der Waals surface area contributed by atoms with Crippen molar-refractivity contribution in [1.82, 2.24) is 5.32 Å². The summed E-state index contributed by atoms with van der Waals surface area (Å²) in [5.74, 6) is -0.613. The molecule has 5 heteroatoms. The second-order valence-corrected chi connectivity index (χ2v) is 4.78. The summed E-state index contributed by atoms with van der Waals surface area (Å²) in [5.41, 5.74) is 4.52. The second-order valence-electron chi connectivity index (χ2n) is 4.78. The number of carbonyl (C=O) groups is 2. The van der Waals surface area contributed by atoms with Crippen LogP contribution in [0.1, 0.15) is 40.5 Å². The summed E-state index contributed by atoms with van der Waals surface area (Å²) in [7, 11) is 0. The summed E-state index contributed by atoms with van der Waals surface area (Å²) in [5, 5.41) is 2.98. The molecule has 0 aliphatic heterocycles. The van der Waals surface area contributed by atoms with Crippen LogP contribution in [0.2, 0.25) is 0 Å². The van der Waals surface area contributed by atoms with Crippen molar-refractivity contribution in [3.63, 3.8) is 0 Å². The topological polar surface area (TPSA) is 81.4 Å². The molecule has 3 N–H and O–H groups in total. The van der Waals surface area contributed by atoms with Crippen molar-refractivity contribution in [2.45, 2.75) is 52.2 Å². The summed E-state index contributed by atoms with van der Waals surface area (Å²) < 4.78 is 5.18. The average molecular weight is 230 g/mol. The number of hydrogen-bond acceptors (Lipinski definition) is 4. The zero-order chi connectivity index (χ0) is 12.8. The van der Waals surface area contributed by atoms with Gasteiger partial charge in [-0.3, -0.25) is 9.59 Å². The van der Waals surface area contributed by atoms with E-state index in [1.54, 1.807) is 6.92 Å². The Balaban J connectivity index is 3.76. The molecule has 0 aliphatic rings. The zero-order valence-corrected chi connectivity index (χ0v) is 10.5. The summed E-state index contributed by atoms with van der Waals surface area (Å²) >= 11 is 0. The Kier molecular flexibility index (Phi) is 6.03. The van der Waals surface area contributed by atoms with Crippen LogP contribution in [0.15, 0.2) is 0 Å². The molecule has 1 atom stereocenters. The van der Waals surface area contributed by atoms with E-state index in [1.807, 2.05) is 20.8 Å². The summed E-state index contributed by atoms with van der Waals surface area (Å²) in [4.78, 5) is 22.0. The third-order valence-corrected chi connectivity index (χ3v) is 1.81. The molecule has 0 spiro atoms. The largest absolute Gasteiger partial charge is 0.459 e. The van der Waals surface area contributed by atoms with Crippen molar-refractivity contribution in [3.8, 4) is 0 Å². The smallest absolute Gasteiger partial charge is 0.323 e. The standard InChI is InChI=1S/C11H22N2O3/c1-8(10(15)16-11(2,3)4)13-7-5-6-9(12)14/h8,13H,5-7H2,1-4H3,(H2,12,14). The maximum Gasteiger partial charge on any atom is 0.323 e. The van der Waals surface area contributed by atoms with Gasteiger partial charge in [0.15, 0.2) is 0 Å². The summed E-state index contributed by atoms with van der Waals surface area (Å²) in [6, 6.07) is -0.368. The van der Waals surface area contributed by atoms with Crippen LogP contribution in [0, 0.1) is 0 Å². The Hall–Kier alpha value is -1.10. The molecule has 0 saturated carbocycles. The van der Waals surface area contributed by atoms with Gasteiger partial charge in [-0.2, -0.15) is 0 Å². The van der Waals surface area contributed by atoms with E-state index in [4.69, 9.17) is 10.5 Å². The SMILES string of the molecule is CC(NCCCC(N)=O)C(=O)OC(C)(C)C. The lowest BCUT2D eigenvalue weighted by Gasteiger charge is -2.22. The van der Waals surface area contributed by atoms with Gasteiger partial charge in [0.25, 0.3) is 0 Å². The fourth-order valence-electron chi connectivity index (χ4n) is 1.05. The van der Waals surface area contributed by atoms with Crippen LogP contribution in [-0.2, 0) is 14.3 Å². The van der Waals surface area contributed by atoms with Crippen LogP contribution >= 0.6 is 0 Å². The van der Waals surface area contributed by atoms with Gasteiger partial charge < -0.3 is 15.8 Å². The lowest BCUT2D eigenvalue weighted by atomic mass is 10.2. The minimum Gasteiger partial charge on any atom is -0.459 e. The van der Waals surface area contributed by atoms with E-state index in [-0.39, 0.29) is 17.9 Å². The first-order chi connectivity index (χ1) is 7.22. The fraction of sp³-hybridized carbons (Fsp3) is 0.818. The lowest BCUT2D eigenvalue weighted by molar-refractivity contribution is -0.156. The van der Waals surface area contributed by atoms with Crippen molar-refractivity contribution in [1.29, 1.82) is 0 Å². The number of amides is 1. The predicted molar refractivity (Wildman–Crippen MR) is 61.7 cm³/mol. The van der Waals surface area contributed by atoms with Gasteiger partial charge in [0.05, 0.1) is 0 Å². The van der Waals surface area contributed by atoms with E-state index in [9.17, 15) is 9.59 Å². The number of carbonyl (C=O) groups excluding carboxylic acids is 2. The van der Waals surface area contributed by atoms with Gasteiger partial charge in [-0.15, -0.1) is 0 Å². The zero-order valence-electron chi connectivity index (χ0n) is 10.5. The number of esters is 1. The normalized spacial score (nSPS) is 13.2. The molecule has 0 fully saturated rings. The maximum absolute atomic E-state index is 11.5. The van der Waals surface area contributed by atoms with Crippen molar-refractivity contribution < 1.29 is 14.3 Å². The Morgan fingerprint density at radius 2 is 1.94 bits per heavy atom. The van der Waals surface area contributed by atoms with Gasteiger partial charge in [-0.05, 0) is 40.7 Å². The van der Waals surface area contributed by atoms with Gasteiger partial charge in [0.2, 0.25) is 5.91 Å². The van der Waals surface area contributed by atoms with Crippen molar-refractivity contribution in [2.75, 3.05) is 6.54 Å². The Morgan fingerprint density at radius 3 is 2.38 bits per heavy atom. The number of rotatable bonds is 6. The molecule has 0 aliphatic carbocycles. The first-order valence-corrected chi connectivity index (χ1v) is 5.47. The molecule has 1 unspecified atom stereocenters. The van der Waals surface area contributed by atoms with E-state index in [0.717, 1.165) is 0 Å². The molecular formula is C11H22N2O3. The molecule has 0 saturated heterocycles. The number of ether oxygens (including phenoxy) is 1. The molecule has 5 nitrogen and oxygen atoms in total. The molecule has 0 aromatic carbocycles. The fourth-order valence-corrected chi connectivity index (χ4v) is 1.05. The van der Waals surface area contributed by atoms with Crippen LogP contribution in [0.4, 0.5) is 0 Å².